The van der Waals surface area contributed by atoms with Gasteiger partial charge in [0.25, 0.3) is 0 Å². The van der Waals surface area contributed by atoms with Gasteiger partial charge in [0.15, 0.2) is 0 Å². The summed E-state index contributed by atoms with van der Waals surface area (Å²) >= 11 is 1.72. The maximum absolute atomic E-state index is 13.3. The number of amides is 1. The molecule has 3 atom stereocenters. The van der Waals surface area contributed by atoms with Crippen molar-refractivity contribution in [3.05, 3.63) is 130 Å². The van der Waals surface area contributed by atoms with Crippen LogP contribution in [0, 0.1) is 16.0 Å². The fraction of sp³-hybridized carbons (Fsp3) is 0.333. The Morgan fingerprint density at radius 1 is 1.00 bits per heavy atom. The molecule has 9 heteroatoms. The lowest BCUT2D eigenvalue weighted by Gasteiger charge is -2.37. The minimum absolute atomic E-state index is 0.0135. The number of carbonyl (C=O) groups excluding carboxylic acids is 2. The number of likely N-dealkylation sites (tertiary alicyclic amines) is 1. The van der Waals surface area contributed by atoms with Crippen molar-refractivity contribution in [3.63, 3.8) is 0 Å². The number of benzene rings is 3. The number of rotatable bonds is 13. The molecule has 0 aromatic heterocycles. The Bertz CT molecular complexity index is 1240. The van der Waals surface area contributed by atoms with Crippen LogP contribution >= 0.6 is 11.8 Å². The molecule has 3 aromatic carbocycles. The summed E-state index contributed by atoms with van der Waals surface area (Å²) in [7, 11) is 0. The Kier molecular flexibility index (Phi) is 10.8. The van der Waals surface area contributed by atoms with Crippen LogP contribution in [0.25, 0.3) is 0 Å². The van der Waals surface area contributed by atoms with E-state index in [0.29, 0.717) is 13.0 Å². The highest BCUT2D eigenvalue weighted by Gasteiger charge is 2.47. The number of esters is 1. The quantitative estimate of drug-likeness (QED) is 0.0757. The van der Waals surface area contributed by atoms with E-state index in [4.69, 9.17) is 9.47 Å². The maximum atomic E-state index is 13.3. The first kappa shape index (κ1) is 30.8. The Hall–Kier alpha value is -4.11. The number of hydrogen-bond donors (Lipinski definition) is 0. The zero-order valence-electron chi connectivity index (χ0n) is 23.7. The van der Waals surface area contributed by atoms with Crippen LogP contribution in [0.4, 0.5) is 4.79 Å². The highest BCUT2D eigenvalue weighted by molar-refractivity contribution is 8.01. The van der Waals surface area contributed by atoms with E-state index in [-0.39, 0.29) is 24.9 Å². The molecule has 220 valence electrons. The summed E-state index contributed by atoms with van der Waals surface area (Å²) in [4.78, 5) is 38.7. The first-order chi connectivity index (χ1) is 20.4. The molecule has 42 heavy (non-hydrogen) atoms. The van der Waals surface area contributed by atoms with E-state index in [0.717, 1.165) is 16.7 Å². The second-order valence-corrected chi connectivity index (χ2v) is 11.6. The first-order valence-corrected chi connectivity index (χ1v) is 14.9. The van der Waals surface area contributed by atoms with Gasteiger partial charge in [-0.15, -0.1) is 11.8 Å². The van der Waals surface area contributed by atoms with Crippen LogP contribution in [0.1, 0.15) is 36.5 Å². The Morgan fingerprint density at radius 3 is 1.98 bits per heavy atom. The van der Waals surface area contributed by atoms with Gasteiger partial charge in [0.2, 0.25) is 6.54 Å². The van der Waals surface area contributed by atoms with Crippen molar-refractivity contribution in [1.29, 1.82) is 0 Å². The largest absolute Gasteiger partial charge is 0.466 e. The lowest BCUT2D eigenvalue weighted by Crippen LogP contribution is -2.43. The summed E-state index contributed by atoms with van der Waals surface area (Å²) in [5, 5.41) is 11.6. The molecule has 1 heterocycles. The second-order valence-electron chi connectivity index (χ2n) is 10.1. The summed E-state index contributed by atoms with van der Waals surface area (Å²) in [5.74, 6) is -1.26. The van der Waals surface area contributed by atoms with Crippen molar-refractivity contribution in [3.8, 4) is 0 Å². The highest BCUT2D eigenvalue weighted by atomic mass is 32.2. The molecule has 0 N–H and O–H groups in total. The van der Waals surface area contributed by atoms with Crippen molar-refractivity contribution < 1.29 is 24.0 Å². The van der Waals surface area contributed by atoms with E-state index in [1.54, 1.807) is 23.6 Å². The van der Waals surface area contributed by atoms with Crippen LogP contribution in [0.2, 0.25) is 0 Å². The van der Waals surface area contributed by atoms with Crippen LogP contribution < -0.4 is 0 Å². The molecule has 3 unspecified atom stereocenters. The lowest BCUT2D eigenvalue weighted by molar-refractivity contribution is -0.489. The van der Waals surface area contributed by atoms with Crippen LogP contribution in [0.5, 0.6) is 0 Å². The van der Waals surface area contributed by atoms with Crippen LogP contribution in [-0.4, -0.2) is 59.5 Å². The van der Waals surface area contributed by atoms with Gasteiger partial charge in [0.1, 0.15) is 6.61 Å². The summed E-state index contributed by atoms with van der Waals surface area (Å²) in [6.07, 6.45) is 1.18. The van der Waals surface area contributed by atoms with Crippen molar-refractivity contribution in [2.45, 2.75) is 35.8 Å². The fourth-order valence-corrected chi connectivity index (χ4v) is 7.55. The number of thioether (sulfide) groups is 1. The molecule has 4 rings (SSSR count). The van der Waals surface area contributed by atoms with E-state index in [9.17, 15) is 19.7 Å². The number of nitrogens with zero attached hydrogens (tertiary/aromatic N) is 2. The topological polar surface area (TPSA) is 99.0 Å². The van der Waals surface area contributed by atoms with Crippen LogP contribution in [0.15, 0.2) is 104 Å². The Labute approximate surface area is 250 Å². The molecule has 0 radical (unpaired) electrons. The number of ether oxygens (including phenoxy) is 2. The molecular formula is C33H36N2O6S. The van der Waals surface area contributed by atoms with Gasteiger partial charge in [-0.3, -0.25) is 14.9 Å². The van der Waals surface area contributed by atoms with E-state index < -0.39 is 40.2 Å². The summed E-state index contributed by atoms with van der Waals surface area (Å²) < 4.78 is 9.92. The van der Waals surface area contributed by atoms with Crippen LogP contribution in [-0.2, 0) is 19.0 Å². The molecule has 0 spiro atoms. The molecule has 8 nitrogen and oxygen atoms in total. The molecule has 1 aliphatic heterocycles. The van der Waals surface area contributed by atoms with Gasteiger partial charge in [0.05, 0.1) is 23.7 Å². The molecule has 1 amide bonds. The molecular weight excluding hydrogens is 552 g/mol. The third kappa shape index (κ3) is 7.20. The SMILES string of the molecule is C=CCOC(=O)N1CC(SC(c2ccccc2)(c2ccccc2)c2ccccc2)CC1C(CC(=O)OCC)C[N+](=O)[O-]. The first-order valence-electron chi connectivity index (χ1n) is 14.0. The van der Waals surface area contributed by atoms with Crippen molar-refractivity contribution in [2.75, 3.05) is 26.3 Å². The lowest BCUT2D eigenvalue weighted by atomic mass is 9.84. The average Bonchev–Trinajstić information content (AvgIpc) is 3.43. The van der Waals surface area contributed by atoms with Crippen molar-refractivity contribution in [2.24, 2.45) is 5.92 Å². The predicted octanol–water partition coefficient (Wildman–Crippen LogP) is 6.32. The normalized spacial score (nSPS) is 17.3. The fourth-order valence-electron chi connectivity index (χ4n) is 5.70. The zero-order chi connectivity index (χ0) is 30.0. The number of hydrogen-bond acceptors (Lipinski definition) is 7. The number of nitro groups is 1. The minimum atomic E-state index is -0.736. The van der Waals surface area contributed by atoms with Gasteiger partial charge in [-0.1, -0.05) is 104 Å². The van der Waals surface area contributed by atoms with Gasteiger partial charge in [-0.25, -0.2) is 4.79 Å². The number of carbonyl (C=O) groups is 2. The van der Waals surface area contributed by atoms with Gasteiger partial charge >= 0.3 is 12.1 Å². The van der Waals surface area contributed by atoms with E-state index in [1.165, 1.54) is 6.08 Å². The van der Waals surface area contributed by atoms with Gasteiger partial charge < -0.3 is 14.4 Å². The summed E-state index contributed by atoms with van der Waals surface area (Å²) in [6.45, 7) is 5.34. The molecule has 0 saturated carbocycles. The standard InChI is InChI=1S/C33H36N2O6S/c1-3-20-41-32(37)34-24-29(22-30(34)25(23-35(38)39)21-31(36)40-4-2)42-33(26-14-8-5-9-15-26,27-16-10-6-11-17-27)28-18-12-7-13-19-28/h3,5-19,25,29-30H,1,4,20-24H2,2H3. The monoisotopic (exact) mass is 588 g/mol. The average molecular weight is 589 g/mol. The Balaban J connectivity index is 1.78. The minimum Gasteiger partial charge on any atom is -0.466 e. The van der Waals surface area contributed by atoms with Gasteiger partial charge in [0, 0.05) is 22.8 Å². The molecule has 3 aromatic rings. The third-order valence-corrected chi connectivity index (χ3v) is 9.15. The smallest absolute Gasteiger partial charge is 0.410 e. The van der Waals surface area contributed by atoms with E-state index in [2.05, 4.69) is 43.0 Å². The third-order valence-electron chi connectivity index (χ3n) is 7.41. The summed E-state index contributed by atoms with van der Waals surface area (Å²) in [6, 6.07) is 30.1. The van der Waals surface area contributed by atoms with E-state index >= 15 is 0 Å². The predicted molar refractivity (Wildman–Crippen MR) is 164 cm³/mol. The van der Waals surface area contributed by atoms with Crippen LogP contribution in [0.3, 0.4) is 0 Å². The van der Waals surface area contributed by atoms with Crippen molar-refractivity contribution in [1.82, 2.24) is 4.90 Å². The molecule has 0 bridgehead atoms. The second kappa shape index (κ2) is 14.7. The summed E-state index contributed by atoms with van der Waals surface area (Å²) in [5.41, 5.74) is 3.22. The van der Waals surface area contributed by atoms with Crippen molar-refractivity contribution >= 4 is 23.8 Å². The maximum Gasteiger partial charge on any atom is 0.410 e. The molecule has 1 saturated heterocycles. The zero-order valence-corrected chi connectivity index (χ0v) is 24.5. The highest BCUT2D eigenvalue weighted by Crippen LogP contribution is 2.52. The van der Waals surface area contributed by atoms with Gasteiger partial charge in [-0.05, 0) is 30.0 Å². The molecule has 0 aliphatic carbocycles. The molecule has 1 fully saturated rings. The molecule has 1 aliphatic rings. The van der Waals surface area contributed by atoms with Gasteiger partial charge in [-0.2, -0.15) is 0 Å². The Morgan fingerprint density at radius 2 is 1.52 bits per heavy atom. The van der Waals surface area contributed by atoms with E-state index in [1.807, 2.05) is 54.6 Å².